The van der Waals surface area contributed by atoms with Crippen molar-refractivity contribution in [1.29, 1.82) is 0 Å². The highest BCUT2D eigenvalue weighted by molar-refractivity contribution is 6.01. The van der Waals surface area contributed by atoms with Crippen LogP contribution in [0.25, 0.3) is 0 Å². The number of piperidine rings is 1. The average molecular weight is 323 g/mol. The van der Waals surface area contributed by atoms with Crippen molar-refractivity contribution < 1.29 is 24.9 Å². The van der Waals surface area contributed by atoms with E-state index in [0.29, 0.717) is 0 Å². The molecule has 0 bridgehead atoms. The molecule has 1 aliphatic heterocycles. The summed E-state index contributed by atoms with van der Waals surface area (Å²) in [4.78, 5) is 20.9. The number of nitrogens with one attached hydrogen (secondary N) is 1. The number of carboxylic acid groups (broad SMARTS) is 2. The van der Waals surface area contributed by atoms with E-state index in [-0.39, 0.29) is 28.3 Å². The summed E-state index contributed by atoms with van der Waals surface area (Å²) in [5, 5.41) is 30.1. The zero-order chi connectivity index (χ0) is 17.8. The molecule has 1 aliphatic rings. The molecule has 1 aromatic rings. The lowest BCUT2D eigenvalue weighted by atomic mass is 9.81. The first kappa shape index (κ1) is 19.1. The van der Waals surface area contributed by atoms with Crippen molar-refractivity contribution in [3.05, 3.63) is 35.4 Å². The summed E-state index contributed by atoms with van der Waals surface area (Å²) in [6.45, 7) is 8.54. The zero-order valence-electron chi connectivity index (χ0n) is 14.0. The van der Waals surface area contributed by atoms with Gasteiger partial charge in [0.15, 0.2) is 0 Å². The number of aromatic carboxylic acids is 2. The summed E-state index contributed by atoms with van der Waals surface area (Å²) in [5.74, 6) is -2.46. The molecule has 0 aromatic heterocycles. The topological polar surface area (TPSA) is 107 Å². The average Bonchev–Trinajstić information content (AvgIpc) is 2.34. The van der Waals surface area contributed by atoms with Crippen molar-refractivity contribution in [2.24, 2.45) is 0 Å². The van der Waals surface area contributed by atoms with E-state index < -0.39 is 11.9 Å². The van der Waals surface area contributed by atoms with Crippen LogP contribution < -0.4 is 5.32 Å². The molecule has 4 N–H and O–H groups in total. The van der Waals surface area contributed by atoms with Crippen LogP contribution in [0.4, 0.5) is 0 Å². The summed E-state index contributed by atoms with van der Waals surface area (Å²) in [6, 6.07) is 5.48. The van der Waals surface area contributed by atoms with Gasteiger partial charge in [0.1, 0.15) is 0 Å². The monoisotopic (exact) mass is 323 g/mol. The van der Waals surface area contributed by atoms with Crippen LogP contribution in [0.5, 0.6) is 0 Å². The summed E-state index contributed by atoms with van der Waals surface area (Å²) in [7, 11) is 0. The van der Waals surface area contributed by atoms with Crippen molar-refractivity contribution in [3.63, 3.8) is 0 Å². The lowest BCUT2D eigenvalue weighted by Gasteiger charge is -2.44. The van der Waals surface area contributed by atoms with Gasteiger partial charge in [-0.2, -0.15) is 0 Å². The van der Waals surface area contributed by atoms with Crippen LogP contribution in [-0.4, -0.2) is 44.4 Å². The Kier molecular flexibility index (Phi) is 5.91. The van der Waals surface area contributed by atoms with Gasteiger partial charge in [-0.25, -0.2) is 9.59 Å². The first-order valence-electron chi connectivity index (χ1n) is 7.46. The summed E-state index contributed by atoms with van der Waals surface area (Å²) in [5.41, 5.74) is -0.211. The van der Waals surface area contributed by atoms with Crippen molar-refractivity contribution in [3.8, 4) is 0 Å². The predicted molar refractivity (Wildman–Crippen MR) is 86.9 cm³/mol. The normalized spacial score (nSPS) is 19.3. The molecule has 23 heavy (non-hydrogen) atoms. The van der Waals surface area contributed by atoms with Crippen molar-refractivity contribution in [1.82, 2.24) is 5.32 Å². The van der Waals surface area contributed by atoms with Crippen LogP contribution in [0.15, 0.2) is 24.3 Å². The van der Waals surface area contributed by atoms with Gasteiger partial charge in [0.05, 0.1) is 17.2 Å². The van der Waals surface area contributed by atoms with Gasteiger partial charge in [-0.15, -0.1) is 0 Å². The Labute approximate surface area is 136 Å². The predicted octanol–water partition coefficient (Wildman–Crippen LogP) is 2.37. The highest BCUT2D eigenvalue weighted by Crippen LogP contribution is 2.27. The van der Waals surface area contributed by atoms with Gasteiger partial charge in [-0.05, 0) is 52.7 Å². The van der Waals surface area contributed by atoms with E-state index in [4.69, 9.17) is 10.2 Å². The van der Waals surface area contributed by atoms with Crippen LogP contribution in [0, 0.1) is 0 Å². The van der Waals surface area contributed by atoms with Crippen LogP contribution in [-0.2, 0) is 0 Å². The number of hydrogen-bond acceptors (Lipinski definition) is 4. The molecule has 1 fully saturated rings. The molecule has 0 radical (unpaired) electrons. The van der Waals surface area contributed by atoms with E-state index >= 15 is 0 Å². The Bertz CT molecular complexity index is 531. The zero-order valence-corrected chi connectivity index (χ0v) is 14.0. The minimum Gasteiger partial charge on any atom is -0.478 e. The minimum atomic E-state index is -1.23. The van der Waals surface area contributed by atoms with Crippen LogP contribution in [0.1, 0.15) is 61.3 Å². The van der Waals surface area contributed by atoms with Gasteiger partial charge >= 0.3 is 11.9 Å². The molecular weight excluding hydrogens is 298 g/mol. The summed E-state index contributed by atoms with van der Waals surface area (Å²) in [6.07, 6.45) is 1.58. The molecule has 6 heteroatoms. The van der Waals surface area contributed by atoms with Crippen LogP contribution in [0.3, 0.4) is 0 Å². The van der Waals surface area contributed by atoms with Crippen LogP contribution >= 0.6 is 0 Å². The van der Waals surface area contributed by atoms with Crippen LogP contribution in [0.2, 0.25) is 0 Å². The minimum absolute atomic E-state index is 0.0845. The number of hydrogen-bond donors (Lipinski definition) is 4. The molecule has 2 rings (SSSR count). The first-order chi connectivity index (χ1) is 10.4. The Balaban J connectivity index is 0.000000231. The van der Waals surface area contributed by atoms with Crippen molar-refractivity contribution >= 4 is 11.9 Å². The standard InChI is InChI=1S/C9H19NO.C8H6O4/c1-8(2)5-7(11)6-9(3,4)10-8;9-7(10)5-3-1-2-4-6(5)8(11)12/h7,10-11H,5-6H2,1-4H3;1-4H,(H,9,10)(H,11,12). The molecule has 0 unspecified atom stereocenters. The number of aliphatic hydroxyl groups is 1. The lowest BCUT2D eigenvalue weighted by molar-refractivity contribution is 0.0395. The van der Waals surface area contributed by atoms with E-state index in [9.17, 15) is 14.7 Å². The fourth-order valence-electron chi connectivity index (χ4n) is 3.12. The highest BCUT2D eigenvalue weighted by Gasteiger charge is 2.36. The fourth-order valence-corrected chi connectivity index (χ4v) is 3.12. The number of carbonyl (C=O) groups is 2. The second-order valence-corrected chi connectivity index (χ2v) is 7.11. The fraction of sp³-hybridized carbons (Fsp3) is 0.529. The Hall–Kier alpha value is -1.92. The third-order valence-electron chi connectivity index (χ3n) is 3.56. The maximum absolute atomic E-state index is 10.5. The van der Waals surface area contributed by atoms with Crippen molar-refractivity contribution in [2.45, 2.75) is 57.7 Å². The largest absolute Gasteiger partial charge is 0.478 e. The Morgan fingerprint density at radius 2 is 1.30 bits per heavy atom. The molecule has 128 valence electrons. The lowest BCUT2D eigenvalue weighted by Crippen LogP contribution is -2.59. The first-order valence-corrected chi connectivity index (χ1v) is 7.46. The van der Waals surface area contributed by atoms with E-state index in [2.05, 4.69) is 33.0 Å². The smallest absolute Gasteiger partial charge is 0.336 e. The molecule has 6 nitrogen and oxygen atoms in total. The molecule has 0 spiro atoms. The second-order valence-electron chi connectivity index (χ2n) is 7.11. The maximum Gasteiger partial charge on any atom is 0.336 e. The van der Waals surface area contributed by atoms with E-state index in [1.165, 1.54) is 24.3 Å². The van der Waals surface area contributed by atoms with Gasteiger partial charge in [0, 0.05) is 11.1 Å². The van der Waals surface area contributed by atoms with Gasteiger partial charge in [-0.3, -0.25) is 0 Å². The Morgan fingerprint density at radius 3 is 1.57 bits per heavy atom. The third kappa shape index (κ3) is 6.00. The van der Waals surface area contributed by atoms with E-state index in [1.807, 2.05) is 0 Å². The second kappa shape index (κ2) is 7.10. The molecule has 0 aliphatic carbocycles. The molecule has 1 aromatic carbocycles. The molecule has 0 amide bonds. The quantitative estimate of drug-likeness (QED) is 0.665. The SMILES string of the molecule is CC1(C)CC(O)CC(C)(C)N1.O=C(O)c1ccccc1C(=O)O. The molecule has 0 saturated carbocycles. The van der Waals surface area contributed by atoms with Gasteiger partial charge < -0.3 is 20.6 Å². The van der Waals surface area contributed by atoms with E-state index in [1.54, 1.807) is 0 Å². The molecule has 0 atom stereocenters. The molecule has 1 heterocycles. The number of aliphatic hydroxyl groups excluding tert-OH is 1. The summed E-state index contributed by atoms with van der Waals surface area (Å²) < 4.78 is 0. The highest BCUT2D eigenvalue weighted by atomic mass is 16.4. The van der Waals surface area contributed by atoms with E-state index in [0.717, 1.165) is 12.8 Å². The summed E-state index contributed by atoms with van der Waals surface area (Å²) >= 11 is 0. The number of carboxylic acids is 2. The number of rotatable bonds is 2. The third-order valence-corrected chi connectivity index (χ3v) is 3.56. The Morgan fingerprint density at radius 1 is 0.957 bits per heavy atom. The molecule has 1 saturated heterocycles. The maximum atomic E-state index is 10.5. The number of benzene rings is 1. The van der Waals surface area contributed by atoms with Gasteiger partial charge in [0.25, 0.3) is 0 Å². The van der Waals surface area contributed by atoms with Gasteiger partial charge in [0.2, 0.25) is 0 Å². The van der Waals surface area contributed by atoms with Crippen molar-refractivity contribution in [2.75, 3.05) is 0 Å². The molecular formula is C17H25NO5. The van der Waals surface area contributed by atoms with Gasteiger partial charge in [-0.1, -0.05) is 12.1 Å².